The molecule has 0 bridgehead atoms. The van der Waals surface area contributed by atoms with Gasteiger partial charge in [-0.2, -0.15) is 0 Å². The van der Waals surface area contributed by atoms with E-state index in [2.05, 4.69) is 10.5 Å². The molecule has 2 fully saturated rings. The standard InChI is InChI=1S/C17H23N3O5/c1-10-12(11(2)25-19-10)3-4-15(22)20-7-5-17(6-8-20)13(16(23)24)9-14(21)18-17/h13H,3-9H2,1-2H3,(H,18,21)(H,23,24)/t13-/m0/s1. The normalized spacial score (nSPS) is 22.2. The van der Waals surface area contributed by atoms with Gasteiger partial charge in [0, 0.05) is 31.5 Å². The minimum absolute atomic E-state index is 0.0231. The van der Waals surface area contributed by atoms with Gasteiger partial charge in [-0.3, -0.25) is 14.4 Å². The number of hydrogen-bond acceptors (Lipinski definition) is 5. The van der Waals surface area contributed by atoms with Crippen LogP contribution in [0.25, 0.3) is 0 Å². The van der Waals surface area contributed by atoms with Gasteiger partial charge in [0.05, 0.1) is 17.2 Å². The molecule has 0 aromatic carbocycles. The van der Waals surface area contributed by atoms with Crippen LogP contribution in [0.2, 0.25) is 0 Å². The van der Waals surface area contributed by atoms with Crippen LogP contribution in [-0.4, -0.2) is 51.6 Å². The molecule has 8 nitrogen and oxygen atoms in total. The summed E-state index contributed by atoms with van der Waals surface area (Å²) in [6.45, 7) is 4.62. The Kier molecular flexibility index (Phi) is 4.53. The van der Waals surface area contributed by atoms with Gasteiger partial charge >= 0.3 is 5.97 Å². The summed E-state index contributed by atoms with van der Waals surface area (Å²) in [5, 5.41) is 16.1. The van der Waals surface area contributed by atoms with E-state index >= 15 is 0 Å². The molecule has 2 aliphatic rings. The van der Waals surface area contributed by atoms with Gasteiger partial charge in [0.1, 0.15) is 5.76 Å². The second-order valence-corrected chi connectivity index (χ2v) is 6.98. The predicted molar refractivity (Wildman–Crippen MR) is 86.7 cm³/mol. The molecule has 3 heterocycles. The van der Waals surface area contributed by atoms with E-state index in [4.69, 9.17) is 4.52 Å². The highest BCUT2D eigenvalue weighted by Gasteiger charge is 2.51. The van der Waals surface area contributed by atoms with Crippen molar-refractivity contribution in [1.82, 2.24) is 15.4 Å². The molecular formula is C17H23N3O5. The van der Waals surface area contributed by atoms with E-state index in [1.165, 1.54) is 0 Å². The number of carboxylic acids is 1. The number of nitrogens with zero attached hydrogens (tertiary/aromatic N) is 2. The zero-order chi connectivity index (χ0) is 18.2. The highest BCUT2D eigenvalue weighted by atomic mass is 16.5. The van der Waals surface area contributed by atoms with E-state index in [1.807, 2.05) is 13.8 Å². The van der Waals surface area contributed by atoms with Crippen LogP contribution in [0.3, 0.4) is 0 Å². The average molecular weight is 349 g/mol. The van der Waals surface area contributed by atoms with E-state index < -0.39 is 17.4 Å². The second-order valence-electron chi connectivity index (χ2n) is 6.98. The minimum Gasteiger partial charge on any atom is -0.481 e. The van der Waals surface area contributed by atoms with E-state index in [0.29, 0.717) is 38.8 Å². The first-order valence-corrected chi connectivity index (χ1v) is 8.56. The number of hydrogen-bond donors (Lipinski definition) is 2. The van der Waals surface area contributed by atoms with E-state index in [1.54, 1.807) is 4.90 Å². The molecular weight excluding hydrogens is 326 g/mol. The van der Waals surface area contributed by atoms with Crippen molar-refractivity contribution in [3.05, 3.63) is 17.0 Å². The van der Waals surface area contributed by atoms with Gasteiger partial charge < -0.3 is 19.8 Å². The average Bonchev–Trinajstić information content (AvgIpc) is 3.06. The molecule has 0 unspecified atom stereocenters. The monoisotopic (exact) mass is 349 g/mol. The number of aromatic nitrogens is 1. The van der Waals surface area contributed by atoms with Crippen molar-refractivity contribution in [2.24, 2.45) is 5.92 Å². The molecule has 2 N–H and O–H groups in total. The minimum atomic E-state index is -0.948. The van der Waals surface area contributed by atoms with Crippen LogP contribution in [0.5, 0.6) is 0 Å². The van der Waals surface area contributed by atoms with Gasteiger partial charge in [0.25, 0.3) is 0 Å². The molecule has 0 radical (unpaired) electrons. The van der Waals surface area contributed by atoms with Gasteiger partial charge in [0.2, 0.25) is 11.8 Å². The smallest absolute Gasteiger partial charge is 0.309 e. The van der Waals surface area contributed by atoms with E-state index in [0.717, 1.165) is 17.0 Å². The Morgan fingerprint density at radius 3 is 2.60 bits per heavy atom. The fraction of sp³-hybridized carbons (Fsp3) is 0.647. The molecule has 136 valence electrons. The number of nitrogens with one attached hydrogen (secondary N) is 1. The van der Waals surface area contributed by atoms with Crippen molar-refractivity contribution < 1.29 is 24.0 Å². The van der Waals surface area contributed by atoms with Crippen LogP contribution in [0.15, 0.2) is 4.52 Å². The van der Waals surface area contributed by atoms with Crippen LogP contribution in [0.4, 0.5) is 0 Å². The number of aryl methyl sites for hydroxylation is 2. The van der Waals surface area contributed by atoms with Gasteiger partial charge in [-0.05, 0) is 33.1 Å². The van der Waals surface area contributed by atoms with Crippen molar-refractivity contribution in [2.75, 3.05) is 13.1 Å². The van der Waals surface area contributed by atoms with E-state index in [-0.39, 0.29) is 18.2 Å². The summed E-state index contributed by atoms with van der Waals surface area (Å²) in [7, 11) is 0. The Hall–Kier alpha value is -2.38. The first kappa shape index (κ1) is 17.4. The zero-order valence-electron chi connectivity index (χ0n) is 14.5. The van der Waals surface area contributed by atoms with Crippen molar-refractivity contribution in [1.29, 1.82) is 0 Å². The zero-order valence-corrected chi connectivity index (χ0v) is 14.5. The molecule has 3 rings (SSSR count). The first-order chi connectivity index (χ1) is 11.8. The molecule has 25 heavy (non-hydrogen) atoms. The fourth-order valence-electron chi connectivity index (χ4n) is 4.00. The number of carbonyl (C=O) groups is 3. The van der Waals surface area contributed by atoms with Crippen LogP contribution in [0, 0.1) is 19.8 Å². The summed E-state index contributed by atoms with van der Waals surface area (Å²) in [4.78, 5) is 37.3. The second kappa shape index (κ2) is 6.50. The maximum absolute atomic E-state index is 12.5. The lowest BCUT2D eigenvalue weighted by molar-refractivity contribution is -0.145. The lowest BCUT2D eigenvalue weighted by Gasteiger charge is -2.41. The molecule has 0 aliphatic carbocycles. The maximum Gasteiger partial charge on any atom is 0.309 e. The highest BCUT2D eigenvalue weighted by molar-refractivity contribution is 5.88. The number of carbonyl (C=O) groups excluding carboxylic acids is 2. The summed E-state index contributed by atoms with van der Waals surface area (Å²) in [5.41, 5.74) is 1.07. The number of amides is 2. The number of rotatable bonds is 4. The highest BCUT2D eigenvalue weighted by Crippen LogP contribution is 2.37. The molecule has 2 saturated heterocycles. The SMILES string of the molecule is Cc1noc(C)c1CCC(=O)N1CCC2(CC1)NC(=O)C[C@H]2C(=O)O. The number of carboxylic acid groups (broad SMARTS) is 1. The molecule has 0 saturated carbocycles. The third kappa shape index (κ3) is 3.25. The number of piperidine rings is 1. The van der Waals surface area contributed by atoms with Crippen LogP contribution >= 0.6 is 0 Å². The third-order valence-electron chi connectivity index (χ3n) is 5.52. The predicted octanol–water partition coefficient (Wildman–Crippen LogP) is 0.806. The van der Waals surface area contributed by atoms with Crippen LogP contribution in [0.1, 0.15) is 42.7 Å². The van der Waals surface area contributed by atoms with Gasteiger partial charge in [-0.1, -0.05) is 5.16 Å². The summed E-state index contributed by atoms with van der Waals surface area (Å²) in [5.74, 6) is -1.10. The fourth-order valence-corrected chi connectivity index (χ4v) is 4.00. The Morgan fingerprint density at radius 1 is 1.36 bits per heavy atom. The summed E-state index contributed by atoms with van der Waals surface area (Å²) in [6.07, 6.45) is 1.93. The quantitative estimate of drug-likeness (QED) is 0.831. The lowest BCUT2D eigenvalue weighted by Crippen LogP contribution is -2.56. The Morgan fingerprint density at radius 2 is 2.04 bits per heavy atom. The van der Waals surface area contributed by atoms with Crippen molar-refractivity contribution in [3.8, 4) is 0 Å². The van der Waals surface area contributed by atoms with Gasteiger partial charge in [-0.15, -0.1) is 0 Å². The number of likely N-dealkylation sites (tertiary alicyclic amines) is 1. The molecule has 1 aromatic rings. The van der Waals surface area contributed by atoms with Crippen molar-refractivity contribution in [2.45, 2.75) is 51.5 Å². The molecule has 1 atom stereocenters. The van der Waals surface area contributed by atoms with Gasteiger partial charge in [-0.25, -0.2) is 0 Å². The van der Waals surface area contributed by atoms with Gasteiger partial charge in [0.15, 0.2) is 0 Å². The number of aliphatic carboxylic acids is 1. The Balaban J connectivity index is 1.58. The largest absolute Gasteiger partial charge is 0.481 e. The molecule has 1 aromatic heterocycles. The van der Waals surface area contributed by atoms with Crippen LogP contribution in [-0.2, 0) is 20.8 Å². The van der Waals surface area contributed by atoms with Crippen molar-refractivity contribution in [3.63, 3.8) is 0 Å². The Labute approximate surface area is 145 Å². The Bertz CT molecular complexity index is 684. The van der Waals surface area contributed by atoms with Crippen LogP contribution < -0.4 is 5.32 Å². The maximum atomic E-state index is 12.5. The van der Waals surface area contributed by atoms with E-state index in [9.17, 15) is 19.5 Å². The molecule has 1 spiro atoms. The summed E-state index contributed by atoms with van der Waals surface area (Å²) < 4.78 is 5.11. The third-order valence-corrected chi connectivity index (χ3v) is 5.52. The molecule has 2 aliphatic heterocycles. The first-order valence-electron chi connectivity index (χ1n) is 8.56. The lowest BCUT2D eigenvalue weighted by atomic mass is 9.77. The topological polar surface area (TPSA) is 113 Å². The summed E-state index contributed by atoms with van der Waals surface area (Å²) >= 11 is 0. The molecule has 2 amide bonds. The summed E-state index contributed by atoms with van der Waals surface area (Å²) in [6, 6.07) is 0. The molecule has 8 heteroatoms. The van der Waals surface area contributed by atoms with Crippen molar-refractivity contribution >= 4 is 17.8 Å².